The molecule has 1 saturated heterocycles. The molecule has 1 heterocycles. The van der Waals surface area contributed by atoms with Gasteiger partial charge in [-0.2, -0.15) is 0 Å². The van der Waals surface area contributed by atoms with E-state index in [1.54, 1.807) is 0 Å². The maximum absolute atomic E-state index is 10.4. The van der Waals surface area contributed by atoms with Crippen LogP contribution in [-0.4, -0.2) is 34.2 Å². The summed E-state index contributed by atoms with van der Waals surface area (Å²) in [5, 5.41) is 10.4. The van der Waals surface area contributed by atoms with Crippen LogP contribution in [0.5, 0.6) is 0 Å². The van der Waals surface area contributed by atoms with Crippen molar-refractivity contribution >= 4 is 0 Å². The van der Waals surface area contributed by atoms with Crippen LogP contribution in [0.1, 0.15) is 65.2 Å². The number of likely N-dealkylation sites (tertiary alicyclic amines) is 1. The predicted molar refractivity (Wildman–Crippen MR) is 67.5 cm³/mol. The van der Waals surface area contributed by atoms with Gasteiger partial charge in [0, 0.05) is 12.1 Å². The molecule has 16 heavy (non-hydrogen) atoms. The molecule has 2 rings (SSSR count). The fourth-order valence-corrected chi connectivity index (χ4v) is 3.57. The van der Waals surface area contributed by atoms with Crippen molar-refractivity contribution in [1.82, 2.24) is 4.90 Å². The summed E-state index contributed by atoms with van der Waals surface area (Å²) >= 11 is 0. The van der Waals surface area contributed by atoms with Gasteiger partial charge in [-0.15, -0.1) is 0 Å². The highest BCUT2D eigenvalue weighted by molar-refractivity contribution is 4.88. The zero-order chi connectivity index (χ0) is 11.6. The molecular weight excluding hydrogens is 198 g/mol. The molecule has 2 heteroatoms. The first-order chi connectivity index (χ1) is 7.61. The highest BCUT2D eigenvalue weighted by Gasteiger charge is 2.33. The molecule has 0 aromatic rings. The number of nitrogens with zero attached hydrogens (tertiary/aromatic N) is 1. The fourth-order valence-electron chi connectivity index (χ4n) is 3.57. The van der Waals surface area contributed by atoms with Crippen LogP contribution in [-0.2, 0) is 0 Å². The normalized spacial score (nSPS) is 30.4. The van der Waals surface area contributed by atoms with E-state index in [0.29, 0.717) is 6.04 Å². The second kappa shape index (κ2) is 5.05. The molecule has 0 amide bonds. The molecule has 1 N–H and O–H groups in total. The molecule has 1 aliphatic heterocycles. The van der Waals surface area contributed by atoms with E-state index < -0.39 is 0 Å². The third kappa shape index (κ3) is 2.78. The van der Waals surface area contributed by atoms with Gasteiger partial charge in [0.1, 0.15) is 0 Å². The molecule has 2 fully saturated rings. The minimum absolute atomic E-state index is 0.300. The Kier molecular flexibility index (Phi) is 3.91. The first-order valence-corrected chi connectivity index (χ1v) is 7.09. The van der Waals surface area contributed by atoms with Crippen molar-refractivity contribution in [3.63, 3.8) is 0 Å². The van der Waals surface area contributed by atoms with Crippen molar-refractivity contribution in [2.45, 2.75) is 82.9 Å². The number of hydrogen-bond donors (Lipinski definition) is 1. The van der Waals surface area contributed by atoms with Gasteiger partial charge in [-0.25, -0.2) is 0 Å². The second-order valence-corrected chi connectivity index (χ2v) is 6.10. The molecule has 0 radical (unpaired) electrons. The third-order valence-electron chi connectivity index (χ3n) is 4.56. The average molecular weight is 225 g/mol. The van der Waals surface area contributed by atoms with Gasteiger partial charge in [-0.1, -0.05) is 12.8 Å². The Labute approximate surface area is 100 Å². The second-order valence-electron chi connectivity index (χ2n) is 6.10. The monoisotopic (exact) mass is 225 g/mol. The zero-order valence-electron chi connectivity index (χ0n) is 10.9. The van der Waals surface area contributed by atoms with Crippen molar-refractivity contribution in [3.05, 3.63) is 0 Å². The molecule has 1 saturated carbocycles. The molecule has 1 aliphatic carbocycles. The standard InChI is InChI=1S/C14H27NO/c1-12(2)15-11-5-6-13(15)7-10-14(16)8-3-4-9-14/h12-13,16H,3-11H2,1-2H3. The van der Waals surface area contributed by atoms with E-state index >= 15 is 0 Å². The summed E-state index contributed by atoms with van der Waals surface area (Å²) < 4.78 is 0. The van der Waals surface area contributed by atoms with E-state index in [9.17, 15) is 5.11 Å². The number of aliphatic hydroxyl groups is 1. The van der Waals surface area contributed by atoms with Gasteiger partial charge in [-0.3, -0.25) is 4.90 Å². The predicted octanol–water partition coefficient (Wildman–Crippen LogP) is 2.94. The minimum atomic E-state index is -0.300. The number of rotatable bonds is 4. The molecule has 0 aromatic heterocycles. The Balaban J connectivity index is 1.80. The summed E-state index contributed by atoms with van der Waals surface area (Å²) in [7, 11) is 0. The summed E-state index contributed by atoms with van der Waals surface area (Å²) in [6, 6.07) is 1.41. The van der Waals surface area contributed by atoms with E-state index in [1.807, 2.05) is 0 Å². The third-order valence-corrected chi connectivity index (χ3v) is 4.56. The van der Waals surface area contributed by atoms with Gasteiger partial charge in [0.2, 0.25) is 0 Å². The lowest BCUT2D eigenvalue weighted by Gasteiger charge is -2.31. The highest BCUT2D eigenvalue weighted by atomic mass is 16.3. The van der Waals surface area contributed by atoms with Gasteiger partial charge in [-0.05, 0) is 58.9 Å². The van der Waals surface area contributed by atoms with E-state index in [2.05, 4.69) is 18.7 Å². The van der Waals surface area contributed by atoms with Gasteiger partial charge in [0.05, 0.1) is 5.60 Å². The Morgan fingerprint density at radius 2 is 1.94 bits per heavy atom. The van der Waals surface area contributed by atoms with Crippen LogP contribution in [0.25, 0.3) is 0 Å². The summed E-state index contributed by atoms with van der Waals surface area (Å²) in [4.78, 5) is 2.62. The molecule has 94 valence electrons. The Morgan fingerprint density at radius 1 is 1.25 bits per heavy atom. The first-order valence-electron chi connectivity index (χ1n) is 7.09. The Bertz CT molecular complexity index is 221. The zero-order valence-corrected chi connectivity index (χ0v) is 10.9. The van der Waals surface area contributed by atoms with E-state index in [0.717, 1.165) is 25.3 Å². The summed E-state index contributed by atoms with van der Waals surface area (Å²) in [5.74, 6) is 0. The maximum atomic E-state index is 10.4. The molecule has 2 nitrogen and oxygen atoms in total. The number of hydrogen-bond acceptors (Lipinski definition) is 2. The van der Waals surface area contributed by atoms with Crippen molar-refractivity contribution < 1.29 is 5.11 Å². The molecule has 2 aliphatic rings. The van der Waals surface area contributed by atoms with Crippen LogP contribution in [0.4, 0.5) is 0 Å². The molecule has 1 atom stereocenters. The lowest BCUT2D eigenvalue weighted by atomic mass is 9.92. The fraction of sp³-hybridized carbons (Fsp3) is 1.00. The largest absolute Gasteiger partial charge is 0.390 e. The van der Waals surface area contributed by atoms with Gasteiger partial charge in [0.25, 0.3) is 0 Å². The average Bonchev–Trinajstić information content (AvgIpc) is 2.83. The molecule has 0 spiro atoms. The summed E-state index contributed by atoms with van der Waals surface area (Å²) in [5.41, 5.74) is -0.300. The molecular formula is C14H27NO. The maximum Gasteiger partial charge on any atom is 0.0648 e. The summed E-state index contributed by atoms with van der Waals surface area (Å²) in [6.45, 7) is 5.85. The van der Waals surface area contributed by atoms with Crippen LogP contribution in [0.3, 0.4) is 0 Å². The van der Waals surface area contributed by atoms with E-state index in [4.69, 9.17) is 0 Å². The SMILES string of the molecule is CC(C)N1CCCC1CCC1(O)CCCC1. The quantitative estimate of drug-likeness (QED) is 0.795. The van der Waals surface area contributed by atoms with Crippen molar-refractivity contribution in [2.24, 2.45) is 0 Å². The lowest BCUT2D eigenvalue weighted by Crippen LogP contribution is -2.37. The van der Waals surface area contributed by atoms with Crippen molar-refractivity contribution in [3.8, 4) is 0 Å². The van der Waals surface area contributed by atoms with Crippen LogP contribution in [0, 0.1) is 0 Å². The van der Waals surface area contributed by atoms with Crippen LogP contribution in [0.15, 0.2) is 0 Å². The Morgan fingerprint density at radius 3 is 2.56 bits per heavy atom. The van der Waals surface area contributed by atoms with Gasteiger partial charge in [0.15, 0.2) is 0 Å². The van der Waals surface area contributed by atoms with E-state index in [-0.39, 0.29) is 5.60 Å². The van der Waals surface area contributed by atoms with Crippen molar-refractivity contribution in [2.75, 3.05) is 6.54 Å². The van der Waals surface area contributed by atoms with Crippen LogP contribution >= 0.6 is 0 Å². The van der Waals surface area contributed by atoms with Crippen LogP contribution < -0.4 is 0 Å². The summed E-state index contributed by atoms with van der Waals surface area (Å²) in [6.07, 6.45) is 9.47. The van der Waals surface area contributed by atoms with Gasteiger partial charge >= 0.3 is 0 Å². The lowest BCUT2D eigenvalue weighted by molar-refractivity contribution is 0.0282. The minimum Gasteiger partial charge on any atom is -0.390 e. The molecule has 0 bridgehead atoms. The Hall–Kier alpha value is -0.0800. The smallest absolute Gasteiger partial charge is 0.0648 e. The molecule has 0 aromatic carbocycles. The topological polar surface area (TPSA) is 23.5 Å². The van der Waals surface area contributed by atoms with Gasteiger partial charge < -0.3 is 5.11 Å². The van der Waals surface area contributed by atoms with Crippen LogP contribution in [0.2, 0.25) is 0 Å². The van der Waals surface area contributed by atoms with E-state index in [1.165, 1.54) is 38.6 Å². The molecule has 1 unspecified atom stereocenters. The van der Waals surface area contributed by atoms with Crippen molar-refractivity contribution in [1.29, 1.82) is 0 Å². The first kappa shape index (κ1) is 12.4. The highest BCUT2D eigenvalue weighted by Crippen LogP contribution is 2.35.